The lowest BCUT2D eigenvalue weighted by Crippen LogP contribution is -2.54. The molecular weight excluding hydrogens is 338 g/mol. The van der Waals surface area contributed by atoms with Crippen molar-refractivity contribution >= 4 is 28.5 Å². The Morgan fingerprint density at radius 3 is 2.76 bits per heavy atom. The summed E-state index contributed by atoms with van der Waals surface area (Å²) in [5.41, 5.74) is -0.0433. The van der Waals surface area contributed by atoms with Gasteiger partial charge in [-0.2, -0.15) is 0 Å². The summed E-state index contributed by atoms with van der Waals surface area (Å²) in [7, 11) is 0. The minimum atomic E-state index is -1.82. The first-order valence-corrected chi connectivity index (χ1v) is 9.44. The largest absolute Gasteiger partial charge is 0.496 e. The van der Waals surface area contributed by atoms with E-state index >= 15 is 0 Å². The van der Waals surface area contributed by atoms with Crippen LogP contribution in [0.1, 0.15) is 38.7 Å². The molecule has 0 aromatic heterocycles. The van der Waals surface area contributed by atoms with Gasteiger partial charge < -0.3 is 14.7 Å². The summed E-state index contributed by atoms with van der Waals surface area (Å²) in [5, 5.41) is 11.6. The van der Waals surface area contributed by atoms with Gasteiger partial charge in [-0.1, -0.05) is 30.0 Å². The van der Waals surface area contributed by atoms with Gasteiger partial charge >= 0.3 is 0 Å². The highest BCUT2D eigenvalue weighted by Crippen LogP contribution is 2.58. The zero-order valence-electron chi connectivity index (χ0n) is 14.4. The minimum Gasteiger partial charge on any atom is -0.496 e. The fourth-order valence-corrected chi connectivity index (χ4v) is 5.35. The van der Waals surface area contributed by atoms with E-state index in [0.717, 1.165) is 36.7 Å². The number of anilines is 1. The van der Waals surface area contributed by atoms with Gasteiger partial charge in [0.1, 0.15) is 10.5 Å². The monoisotopic (exact) mass is 359 g/mol. The van der Waals surface area contributed by atoms with Crippen molar-refractivity contribution in [1.29, 1.82) is 0 Å². The molecule has 5 nitrogen and oxygen atoms in total. The highest BCUT2D eigenvalue weighted by Gasteiger charge is 2.66. The number of ether oxygens (including phenoxy) is 1. The quantitative estimate of drug-likeness (QED) is 0.771. The molecule has 6 heteroatoms. The van der Waals surface area contributed by atoms with E-state index in [1.165, 1.54) is 0 Å². The minimum absolute atomic E-state index is 0.147. The molecule has 1 fully saturated rings. The number of nitrogens with zero attached hydrogens (tertiary/aromatic N) is 1. The summed E-state index contributed by atoms with van der Waals surface area (Å²) in [6.07, 6.45) is 2.63. The molecule has 1 N–H and O–H groups in total. The molecule has 1 aromatic rings. The molecule has 2 unspecified atom stereocenters. The molecular formula is C19H21NO4S. The third-order valence-corrected chi connectivity index (χ3v) is 6.86. The van der Waals surface area contributed by atoms with Crippen LogP contribution in [0.3, 0.4) is 0 Å². The summed E-state index contributed by atoms with van der Waals surface area (Å²) >= 11 is 0.995. The van der Waals surface area contributed by atoms with Crippen molar-refractivity contribution in [3.63, 3.8) is 0 Å². The first-order valence-electron chi connectivity index (χ1n) is 8.62. The van der Waals surface area contributed by atoms with Crippen molar-refractivity contribution in [1.82, 2.24) is 0 Å². The number of amides is 1. The third kappa shape index (κ3) is 2.07. The number of benzene rings is 1. The second-order valence-corrected chi connectivity index (χ2v) is 8.36. The number of carbonyl (C=O) groups excluding carboxylic acids is 2. The predicted octanol–water partition coefficient (Wildman–Crippen LogP) is 2.73. The van der Waals surface area contributed by atoms with Crippen LogP contribution in [0.25, 0.3) is 0 Å². The molecule has 0 radical (unpaired) electrons. The molecule has 3 heterocycles. The normalized spacial score (nSPS) is 32.2. The standard InChI is InChI=1S/C19H21NO4S/c1-12-15-18(2,25-16(12)21)19(23)13-8-4-5-9-14(13)20(17(19)22)10-6-3-7-11-24-15/h4-5,8-9,23H,3,6-7,10-11H2,1-2H3. The first kappa shape index (κ1) is 16.7. The van der Waals surface area contributed by atoms with E-state index in [0.29, 0.717) is 30.0 Å². The van der Waals surface area contributed by atoms with Crippen molar-refractivity contribution in [2.24, 2.45) is 0 Å². The Kier molecular flexibility index (Phi) is 3.74. The number of carbonyl (C=O) groups is 2. The Hall–Kier alpha value is -1.79. The van der Waals surface area contributed by atoms with Crippen molar-refractivity contribution in [2.75, 3.05) is 18.1 Å². The number of rotatable bonds is 0. The van der Waals surface area contributed by atoms with Crippen LogP contribution >= 0.6 is 11.8 Å². The van der Waals surface area contributed by atoms with Crippen molar-refractivity contribution in [3.8, 4) is 0 Å². The second-order valence-electron chi connectivity index (χ2n) is 6.97. The lowest BCUT2D eigenvalue weighted by atomic mass is 9.80. The third-order valence-electron chi connectivity index (χ3n) is 5.48. The maximum atomic E-state index is 13.4. The average molecular weight is 359 g/mol. The van der Waals surface area contributed by atoms with E-state index < -0.39 is 10.3 Å². The molecule has 3 aliphatic rings. The molecule has 3 aliphatic heterocycles. The average Bonchev–Trinajstić information content (AvgIpc) is 2.95. The van der Waals surface area contributed by atoms with E-state index in [9.17, 15) is 14.7 Å². The number of fused-ring (bicyclic) bond motifs is 7. The van der Waals surface area contributed by atoms with Gasteiger partial charge in [0.15, 0.2) is 5.60 Å². The first-order chi connectivity index (χ1) is 11.9. The van der Waals surface area contributed by atoms with Crippen molar-refractivity contribution < 1.29 is 19.4 Å². The smallest absolute Gasteiger partial charge is 0.265 e. The molecule has 0 aliphatic carbocycles. The topological polar surface area (TPSA) is 66.8 Å². The van der Waals surface area contributed by atoms with Gasteiger partial charge in [0, 0.05) is 17.7 Å². The predicted molar refractivity (Wildman–Crippen MR) is 96.2 cm³/mol. The molecule has 1 amide bonds. The molecule has 2 bridgehead atoms. The van der Waals surface area contributed by atoms with Gasteiger partial charge in [-0.05, 0) is 39.2 Å². The van der Waals surface area contributed by atoms with E-state index in [1.807, 2.05) is 18.2 Å². The van der Waals surface area contributed by atoms with Gasteiger partial charge in [0.05, 0.1) is 12.3 Å². The van der Waals surface area contributed by atoms with Gasteiger partial charge in [-0.15, -0.1) is 0 Å². The fraction of sp³-hybridized carbons (Fsp3) is 0.474. The summed E-state index contributed by atoms with van der Waals surface area (Å²) in [5.74, 6) is 0.0751. The Morgan fingerprint density at radius 1 is 1.20 bits per heavy atom. The molecule has 0 saturated carbocycles. The van der Waals surface area contributed by atoms with Gasteiger partial charge in [-0.25, -0.2) is 0 Å². The number of thioether (sulfide) groups is 1. The van der Waals surface area contributed by atoms with E-state index in [-0.39, 0.29) is 11.0 Å². The highest BCUT2D eigenvalue weighted by molar-refractivity contribution is 8.16. The molecule has 0 spiro atoms. The molecule has 132 valence electrons. The van der Waals surface area contributed by atoms with Crippen LogP contribution in [-0.4, -0.2) is 34.0 Å². The molecule has 1 saturated heterocycles. The zero-order chi connectivity index (χ0) is 17.8. The van der Waals surface area contributed by atoms with Gasteiger partial charge in [0.2, 0.25) is 5.12 Å². The van der Waals surface area contributed by atoms with E-state index in [1.54, 1.807) is 24.8 Å². The molecule has 1 aromatic carbocycles. The Labute approximate surface area is 151 Å². The van der Waals surface area contributed by atoms with Crippen molar-refractivity contribution in [3.05, 3.63) is 41.2 Å². The van der Waals surface area contributed by atoms with Crippen LogP contribution in [0, 0.1) is 0 Å². The SMILES string of the molecule is CC1=C2OCCCCCN3C(=O)C(O)(c4ccccc43)C2(C)SC1=O. The lowest BCUT2D eigenvalue weighted by Gasteiger charge is -2.38. The van der Waals surface area contributed by atoms with Gasteiger partial charge in [0.25, 0.3) is 5.91 Å². The number of para-hydroxylation sites is 1. The number of hydrogen-bond donors (Lipinski definition) is 1. The molecule has 2 atom stereocenters. The number of hydrogen-bond acceptors (Lipinski definition) is 5. The van der Waals surface area contributed by atoms with Gasteiger partial charge in [-0.3, -0.25) is 9.59 Å². The zero-order valence-corrected chi connectivity index (χ0v) is 15.2. The van der Waals surface area contributed by atoms with Crippen LogP contribution in [0.4, 0.5) is 5.69 Å². The van der Waals surface area contributed by atoms with Crippen LogP contribution in [0.15, 0.2) is 35.6 Å². The van der Waals surface area contributed by atoms with Crippen LogP contribution in [-0.2, 0) is 19.9 Å². The molecule has 4 rings (SSSR count). The number of aliphatic hydroxyl groups is 1. The van der Waals surface area contributed by atoms with E-state index in [2.05, 4.69) is 0 Å². The summed E-state index contributed by atoms with van der Waals surface area (Å²) < 4.78 is 4.80. The van der Waals surface area contributed by atoms with Crippen LogP contribution < -0.4 is 4.90 Å². The summed E-state index contributed by atoms with van der Waals surface area (Å²) in [6.45, 7) is 4.51. The highest BCUT2D eigenvalue weighted by atomic mass is 32.2. The van der Waals surface area contributed by atoms with Crippen LogP contribution in [0.5, 0.6) is 0 Å². The molecule has 25 heavy (non-hydrogen) atoms. The van der Waals surface area contributed by atoms with E-state index in [4.69, 9.17) is 4.74 Å². The lowest BCUT2D eigenvalue weighted by molar-refractivity contribution is -0.139. The summed E-state index contributed by atoms with van der Waals surface area (Å²) in [4.78, 5) is 27.5. The maximum Gasteiger partial charge on any atom is 0.265 e. The van der Waals surface area contributed by atoms with Crippen LogP contribution in [0.2, 0.25) is 0 Å². The maximum absolute atomic E-state index is 13.4. The Balaban J connectivity index is 1.97. The second kappa shape index (κ2) is 5.61. The fourth-order valence-electron chi connectivity index (χ4n) is 4.08. The summed E-state index contributed by atoms with van der Waals surface area (Å²) in [6, 6.07) is 7.32. The van der Waals surface area contributed by atoms with Crippen molar-refractivity contribution in [2.45, 2.75) is 43.5 Å². The Morgan fingerprint density at radius 2 is 1.96 bits per heavy atom. The Bertz CT molecular complexity index is 804.